The summed E-state index contributed by atoms with van der Waals surface area (Å²) < 4.78 is 5.72. The van der Waals surface area contributed by atoms with E-state index in [0.717, 1.165) is 11.3 Å². The van der Waals surface area contributed by atoms with Gasteiger partial charge in [0.05, 0.1) is 10.6 Å². The first-order chi connectivity index (χ1) is 14.1. The fourth-order valence-electron chi connectivity index (χ4n) is 2.63. The largest absolute Gasteiger partial charge is 0.489 e. The molecule has 3 rings (SSSR count). The van der Waals surface area contributed by atoms with E-state index in [1.54, 1.807) is 48.5 Å². The Bertz CT molecular complexity index is 959. The minimum atomic E-state index is -0.302. The third kappa shape index (κ3) is 6.36. The lowest BCUT2D eigenvalue weighted by Crippen LogP contribution is -2.27. The lowest BCUT2D eigenvalue weighted by molar-refractivity contribution is -0.116. The summed E-state index contributed by atoms with van der Waals surface area (Å²) in [6, 6.07) is 23.8. The summed E-state index contributed by atoms with van der Waals surface area (Å²) in [6.07, 6.45) is 0.155. The van der Waals surface area contributed by atoms with E-state index in [2.05, 4.69) is 10.6 Å². The number of carbonyl (C=O) groups excluding carboxylic acids is 2. The third-order valence-corrected chi connectivity index (χ3v) is 4.47. The molecule has 0 saturated heterocycles. The molecule has 5 nitrogen and oxygen atoms in total. The molecule has 0 aliphatic heterocycles. The van der Waals surface area contributed by atoms with Crippen molar-refractivity contribution in [1.82, 2.24) is 5.32 Å². The number of anilines is 1. The maximum atomic E-state index is 12.1. The minimum absolute atomic E-state index is 0.155. The molecule has 29 heavy (non-hydrogen) atoms. The number of benzene rings is 3. The fourth-order valence-corrected chi connectivity index (χ4v) is 2.85. The van der Waals surface area contributed by atoms with Gasteiger partial charge in [-0.1, -0.05) is 54.1 Å². The normalized spacial score (nSPS) is 10.2. The van der Waals surface area contributed by atoms with Crippen LogP contribution in [0.1, 0.15) is 22.3 Å². The predicted octanol–water partition coefficient (Wildman–Crippen LogP) is 4.68. The zero-order chi connectivity index (χ0) is 20.5. The maximum Gasteiger partial charge on any atom is 0.252 e. The molecule has 0 radical (unpaired) electrons. The van der Waals surface area contributed by atoms with Gasteiger partial charge < -0.3 is 15.4 Å². The highest BCUT2D eigenvalue weighted by atomic mass is 35.5. The van der Waals surface area contributed by atoms with Gasteiger partial charge in [-0.25, -0.2) is 0 Å². The molecule has 0 aliphatic carbocycles. The second-order valence-electron chi connectivity index (χ2n) is 6.33. The van der Waals surface area contributed by atoms with Crippen LogP contribution in [0.4, 0.5) is 5.69 Å². The topological polar surface area (TPSA) is 67.4 Å². The molecule has 2 N–H and O–H groups in total. The number of amides is 2. The van der Waals surface area contributed by atoms with Crippen LogP contribution in [-0.4, -0.2) is 18.4 Å². The van der Waals surface area contributed by atoms with E-state index < -0.39 is 0 Å². The van der Waals surface area contributed by atoms with Crippen molar-refractivity contribution >= 4 is 29.1 Å². The average molecular weight is 409 g/mol. The molecule has 0 spiro atoms. The molecule has 2 amide bonds. The first-order valence-corrected chi connectivity index (χ1v) is 9.59. The Kier molecular flexibility index (Phi) is 7.25. The molecule has 6 heteroatoms. The summed E-state index contributed by atoms with van der Waals surface area (Å²) in [4.78, 5) is 24.1. The van der Waals surface area contributed by atoms with E-state index in [4.69, 9.17) is 16.3 Å². The smallest absolute Gasteiger partial charge is 0.252 e. The van der Waals surface area contributed by atoms with Crippen molar-refractivity contribution in [2.45, 2.75) is 13.0 Å². The van der Waals surface area contributed by atoms with Crippen molar-refractivity contribution in [3.05, 3.63) is 95.0 Å². The van der Waals surface area contributed by atoms with Gasteiger partial charge in [0.2, 0.25) is 5.91 Å². The first-order valence-electron chi connectivity index (χ1n) is 9.21. The van der Waals surface area contributed by atoms with E-state index in [-0.39, 0.29) is 24.8 Å². The fraction of sp³-hybridized carbons (Fsp3) is 0.130. The minimum Gasteiger partial charge on any atom is -0.489 e. The highest BCUT2D eigenvalue weighted by Crippen LogP contribution is 2.17. The lowest BCUT2D eigenvalue weighted by Gasteiger charge is -2.09. The molecular formula is C23H21ClN2O3. The molecule has 0 saturated carbocycles. The molecule has 0 unspecified atom stereocenters. The summed E-state index contributed by atoms with van der Waals surface area (Å²) in [5, 5.41) is 5.87. The van der Waals surface area contributed by atoms with Crippen LogP contribution >= 0.6 is 11.6 Å². The van der Waals surface area contributed by atoms with Gasteiger partial charge in [0.1, 0.15) is 12.4 Å². The van der Waals surface area contributed by atoms with Crippen LogP contribution < -0.4 is 15.4 Å². The van der Waals surface area contributed by atoms with Gasteiger partial charge in [0, 0.05) is 18.7 Å². The van der Waals surface area contributed by atoms with Gasteiger partial charge in [-0.2, -0.15) is 0 Å². The Hall–Kier alpha value is -3.31. The van der Waals surface area contributed by atoms with Gasteiger partial charge >= 0.3 is 0 Å². The van der Waals surface area contributed by atoms with Gasteiger partial charge in [0.25, 0.3) is 5.91 Å². The maximum absolute atomic E-state index is 12.1. The standard InChI is InChI=1S/C23H21ClN2O3/c24-21-9-5-4-8-20(21)23(28)25-15-14-22(27)26-18-10-12-19(13-11-18)29-16-17-6-2-1-3-7-17/h1-13H,14-16H2,(H,25,28)(H,26,27). The number of hydrogen-bond acceptors (Lipinski definition) is 3. The quantitative estimate of drug-likeness (QED) is 0.568. The Labute approximate surface area is 174 Å². The lowest BCUT2D eigenvalue weighted by atomic mass is 10.2. The van der Waals surface area contributed by atoms with Gasteiger partial charge in [-0.15, -0.1) is 0 Å². The zero-order valence-corrected chi connectivity index (χ0v) is 16.5. The van der Waals surface area contributed by atoms with Crippen molar-refractivity contribution in [1.29, 1.82) is 0 Å². The number of halogens is 1. The molecule has 3 aromatic carbocycles. The van der Waals surface area contributed by atoms with Crippen LogP contribution in [0.3, 0.4) is 0 Å². The van der Waals surface area contributed by atoms with Crippen molar-refractivity contribution in [2.24, 2.45) is 0 Å². The number of hydrogen-bond donors (Lipinski definition) is 2. The Balaban J connectivity index is 1.41. The molecule has 0 heterocycles. The molecule has 148 valence electrons. The van der Waals surface area contributed by atoms with Crippen molar-refractivity contribution in [3.63, 3.8) is 0 Å². The number of ether oxygens (including phenoxy) is 1. The predicted molar refractivity (Wildman–Crippen MR) is 114 cm³/mol. The molecule has 0 bridgehead atoms. The molecular weight excluding hydrogens is 388 g/mol. The van der Waals surface area contributed by atoms with Crippen molar-refractivity contribution in [3.8, 4) is 5.75 Å². The summed E-state index contributed by atoms with van der Waals surface area (Å²) >= 11 is 5.99. The third-order valence-electron chi connectivity index (χ3n) is 4.14. The number of nitrogens with one attached hydrogen (secondary N) is 2. The van der Waals surface area contributed by atoms with Gasteiger partial charge in [0.15, 0.2) is 0 Å². The Morgan fingerprint density at radius 1 is 0.862 bits per heavy atom. The molecule has 0 aliphatic rings. The highest BCUT2D eigenvalue weighted by molar-refractivity contribution is 6.33. The summed E-state index contributed by atoms with van der Waals surface area (Å²) in [6.45, 7) is 0.700. The van der Waals surface area contributed by atoms with Crippen molar-refractivity contribution in [2.75, 3.05) is 11.9 Å². The monoisotopic (exact) mass is 408 g/mol. The van der Waals surface area contributed by atoms with E-state index in [1.165, 1.54) is 0 Å². The van der Waals surface area contributed by atoms with E-state index in [9.17, 15) is 9.59 Å². The van der Waals surface area contributed by atoms with E-state index >= 15 is 0 Å². The van der Waals surface area contributed by atoms with Crippen molar-refractivity contribution < 1.29 is 14.3 Å². The average Bonchev–Trinajstić information content (AvgIpc) is 2.74. The summed E-state index contributed by atoms with van der Waals surface area (Å²) in [7, 11) is 0. The molecule has 3 aromatic rings. The van der Waals surface area contributed by atoms with Gasteiger partial charge in [-0.05, 0) is 42.0 Å². The van der Waals surface area contributed by atoms with E-state index in [0.29, 0.717) is 22.9 Å². The number of carbonyl (C=O) groups is 2. The van der Waals surface area contributed by atoms with Gasteiger partial charge in [-0.3, -0.25) is 9.59 Å². The summed E-state index contributed by atoms with van der Waals surface area (Å²) in [5.74, 6) is 0.226. The summed E-state index contributed by atoms with van der Waals surface area (Å²) in [5.41, 5.74) is 2.14. The van der Waals surface area contributed by atoms with Crippen LogP contribution in [0.2, 0.25) is 5.02 Å². The van der Waals surface area contributed by atoms with Crippen LogP contribution in [0.5, 0.6) is 5.75 Å². The first kappa shape index (κ1) is 20.4. The SMILES string of the molecule is O=C(CCNC(=O)c1ccccc1Cl)Nc1ccc(OCc2ccccc2)cc1. The second-order valence-corrected chi connectivity index (χ2v) is 6.74. The molecule has 0 aromatic heterocycles. The van der Waals surface area contributed by atoms with Crippen LogP contribution in [0, 0.1) is 0 Å². The van der Waals surface area contributed by atoms with Crippen LogP contribution in [0.25, 0.3) is 0 Å². The van der Waals surface area contributed by atoms with Crippen LogP contribution in [0.15, 0.2) is 78.9 Å². The van der Waals surface area contributed by atoms with Crippen LogP contribution in [-0.2, 0) is 11.4 Å². The number of rotatable bonds is 8. The second kappa shape index (κ2) is 10.3. The molecule has 0 atom stereocenters. The Morgan fingerprint density at radius 2 is 1.55 bits per heavy atom. The zero-order valence-electron chi connectivity index (χ0n) is 15.7. The Morgan fingerprint density at radius 3 is 2.28 bits per heavy atom. The van der Waals surface area contributed by atoms with E-state index in [1.807, 2.05) is 30.3 Å². The highest BCUT2D eigenvalue weighted by Gasteiger charge is 2.10. The molecule has 0 fully saturated rings.